The molecule has 16 heavy (non-hydrogen) atoms. The summed E-state index contributed by atoms with van der Waals surface area (Å²) in [6.45, 7) is 2.61. The number of amides is 3. The Morgan fingerprint density at radius 3 is 1.69 bits per heavy atom. The van der Waals surface area contributed by atoms with Crippen LogP contribution < -0.4 is 17.2 Å². The Labute approximate surface area is 93.9 Å². The third kappa shape index (κ3) is 4.74. The SMILES string of the molecule is CC(N)C(C)C(=O)N(CC(N)=O)CC(N)=O. The van der Waals surface area contributed by atoms with Gasteiger partial charge in [0.25, 0.3) is 0 Å². The van der Waals surface area contributed by atoms with Crippen molar-refractivity contribution >= 4 is 17.7 Å². The lowest BCUT2D eigenvalue weighted by Crippen LogP contribution is -2.48. The van der Waals surface area contributed by atoms with Crippen LogP contribution in [0.3, 0.4) is 0 Å². The Morgan fingerprint density at radius 2 is 1.44 bits per heavy atom. The van der Waals surface area contributed by atoms with E-state index in [1.54, 1.807) is 13.8 Å². The smallest absolute Gasteiger partial charge is 0.237 e. The number of nitrogens with two attached hydrogens (primary N) is 3. The van der Waals surface area contributed by atoms with Crippen molar-refractivity contribution in [1.82, 2.24) is 4.90 Å². The van der Waals surface area contributed by atoms with E-state index in [0.29, 0.717) is 0 Å². The van der Waals surface area contributed by atoms with Gasteiger partial charge in [0.05, 0.1) is 19.0 Å². The molecule has 0 aliphatic carbocycles. The molecule has 0 heterocycles. The van der Waals surface area contributed by atoms with Gasteiger partial charge in [-0.25, -0.2) is 0 Å². The summed E-state index contributed by atoms with van der Waals surface area (Å²) < 4.78 is 0. The van der Waals surface area contributed by atoms with Gasteiger partial charge < -0.3 is 22.1 Å². The molecule has 7 nitrogen and oxygen atoms in total. The minimum absolute atomic E-state index is 0.334. The van der Waals surface area contributed by atoms with E-state index in [4.69, 9.17) is 17.2 Å². The molecule has 0 aromatic heterocycles. The Hall–Kier alpha value is -1.63. The fourth-order valence-electron chi connectivity index (χ4n) is 1.10. The van der Waals surface area contributed by atoms with E-state index in [-0.39, 0.29) is 19.1 Å². The zero-order valence-electron chi connectivity index (χ0n) is 9.47. The van der Waals surface area contributed by atoms with Crippen LogP contribution in [0.1, 0.15) is 13.8 Å². The molecule has 0 spiro atoms. The molecule has 2 atom stereocenters. The zero-order valence-corrected chi connectivity index (χ0v) is 9.47. The standard InChI is InChI=1S/C9H18N4O3/c1-5(6(2)10)9(16)13(3-7(11)14)4-8(12)15/h5-6H,3-4,10H2,1-2H3,(H2,11,14)(H2,12,15). The molecule has 3 amide bonds. The maximum atomic E-state index is 11.8. The molecule has 0 saturated carbocycles. The van der Waals surface area contributed by atoms with Gasteiger partial charge in [-0.15, -0.1) is 0 Å². The van der Waals surface area contributed by atoms with Crippen molar-refractivity contribution in [2.24, 2.45) is 23.1 Å². The number of rotatable bonds is 6. The van der Waals surface area contributed by atoms with Crippen molar-refractivity contribution in [3.63, 3.8) is 0 Å². The van der Waals surface area contributed by atoms with Gasteiger partial charge >= 0.3 is 0 Å². The molecule has 6 N–H and O–H groups in total. The second-order valence-corrected chi connectivity index (χ2v) is 3.77. The molecule has 0 saturated heterocycles. The fraction of sp³-hybridized carbons (Fsp3) is 0.667. The summed E-state index contributed by atoms with van der Waals surface area (Å²) >= 11 is 0. The highest BCUT2D eigenvalue weighted by Crippen LogP contribution is 2.05. The maximum absolute atomic E-state index is 11.8. The van der Waals surface area contributed by atoms with Crippen LogP contribution in [0.4, 0.5) is 0 Å². The van der Waals surface area contributed by atoms with Crippen molar-refractivity contribution in [2.45, 2.75) is 19.9 Å². The largest absolute Gasteiger partial charge is 0.368 e. The number of carbonyl (C=O) groups excluding carboxylic acids is 3. The molecule has 0 aliphatic heterocycles. The molecule has 0 aliphatic rings. The lowest BCUT2D eigenvalue weighted by atomic mass is 10.0. The molecule has 7 heteroatoms. The molecule has 0 rings (SSSR count). The third-order valence-electron chi connectivity index (χ3n) is 2.18. The molecular formula is C9H18N4O3. The summed E-state index contributed by atoms with van der Waals surface area (Å²) in [6.07, 6.45) is 0. The van der Waals surface area contributed by atoms with Crippen molar-refractivity contribution in [3.05, 3.63) is 0 Å². The molecule has 92 valence electrons. The molecule has 0 bridgehead atoms. The number of primary amides is 2. The molecular weight excluding hydrogens is 212 g/mol. The Kier molecular flexibility index (Phi) is 5.44. The summed E-state index contributed by atoms with van der Waals surface area (Å²) in [6, 6.07) is -0.379. The highest BCUT2D eigenvalue weighted by molar-refractivity contribution is 5.89. The first-order valence-corrected chi connectivity index (χ1v) is 4.86. The first-order valence-electron chi connectivity index (χ1n) is 4.86. The molecule has 0 fully saturated rings. The summed E-state index contributed by atoms with van der Waals surface area (Å²) in [4.78, 5) is 34.3. The van der Waals surface area contributed by atoms with Crippen LogP contribution in [0, 0.1) is 5.92 Å². The monoisotopic (exact) mass is 230 g/mol. The predicted molar refractivity (Wildman–Crippen MR) is 57.8 cm³/mol. The van der Waals surface area contributed by atoms with Crippen molar-refractivity contribution in [1.29, 1.82) is 0 Å². The van der Waals surface area contributed by atoms with E-state index in [1.165, 1.54) is 0 Å². The van der Waals surface area contributed by atoms with Gasteiger partial charge in [-0.1, -0.05) is 6.92 Å². The van der Waals surface area contributed by atoms with Crippen LogP contribution in [-0.4, -0.2) is 41.8 Å². The van der Waals surface area contributed by atoms with Gasteiger partial charge in [0, 0.05) is 6.04 Å². The van der Waals surface area contributed by atoms with Crippen LogP contribution in [0.25, 0.3) is 0 Å². The topological polar surface area (TPSA) is 133 Å². The number of hydrogen-bond acceptors (Lipinski definition) is 4. The summed E-state index contributed by atoms with van der Waals surface area (Å²) in [7, 11) is 0. The number of hydrogen-bond donors (Lipinski definition) is 3. The lowest BCUT2D eigenvalue weighted by Gasteiger charge is -2.24. The van der Waals surface area contributed by atoms with E-state index >= 15 is 0 Å². The van der Waals surface area contributed by atoms with E-state index in [2.05, 4.69) is 0 Å². The number of carbonyl (C=O) groups is 3. The third-order valence-corrected chi connectivity index (χ3v) is 2.18. The van der Waals surface area contributed by atoms with Gasteiger partial charge in [-0.2, -0.15) is 0 Å². The minimum atomic E-state index is -0.702. The van der Waals surface area contributed by atoms with Crippen molar-refractivity contribution in [2.75, 3.05) is 13.1 Å². The lowest BCUT2D eigenvalue weighted by molar-refractivity contribution is -0.141. The Balaban J connectivity index is 4.67. The Morgan fingerprint density at radius 1 is 1.06 bits per heavy atom. The molecule has 2 unspecified atom stereocenters. The predicted octanol–water partition coefficient (Wildman–Crippen LogP) is -2.23. The van der Waals surface area contributed by atoms with E-state index in [1.807, 2.05) is 0 Å². The second-order valence-electron chi connectivity index (χ2n) is 3.77. The summed E-state index contributed by atoms with van der Waals surface area (Å²) in [5.41, 5.74) is 15.5. The minimum Gasteiger partial charge on any atom is -0.368 e. The second kappa shape index (κ2) is 6.06. The molecule has 0 aromatic carbocycles. The normalized spacial score (nSPS) is 13.9. The first kappa shape index (κ1) is 14.4. The maximum Gasteiger partial charge on any atom is 0.237 e. The zero-order chi connectivity index (χ0) is 12.9. The van der Waals surface area contributed by atoms with Crippen LogP contribution in [0.15, 0.2) is 0 Å². The van der Waals surface area contributed by atoms with Gasteiger partial charge in [0.1, 0.15) is 0 Å². The van der Waals surface area contributed by atoms with E-state index < -0.39 is 23.6 Å². The first-order chi connectivity index (χ1) is 7.25. The van der Waals surface area contributed by atoms with Gasteiger partial charge in [0.15, 0.2) is 0 Å². The van der Waals surface area contributed by atoms with Crippen LogP contribution in [-0.2, 0) is 14.4 Å². The van der Waals surface area contributed by atoms with Gasteiger partial charge in [-0.3, -0.25) is 14.4 Å². The highest BCUT2D eigenvalue weighted by Gasteiger charge is 2.25. The van der Waals surface area contributed by atoms with Crippen LogP contribution in [0.5, 0.6) is 0 Å². The molecule has 0 radical (unpaired) electrons. The van der Waals surface area contributed by atoms with Gasteiger partial charge in [0.2, 0.25) is 17.7 Å². The van der Waals surface area contributed by atoms with Crippen molar-refractivity contribution in [3.8, 4) is 0 Å². The van der Waals surface area contributed by atoms with Gasteiger partial charge in [-0.05, 0) is 6.92 Å². The quantitative estimate of drug-likeness (QED) is 0.476. The average Bonchev–Trinajstić information content (AvgIpc) is 2.12. The highest BCUT2D eigenvalue weighted by atomic mass is 16.2. The summed E-state index contributed by atoms with van der Waals surface area (Å²) in [5, 5.41) is 0. The van der Waals surface area contributed by atoms with Crippen LogP contribution >= 0.6 is 0 Å². The summed E-state index contributed by atoms with van der Waals surface area (Å²) in [5.74, 6) is -2.32. The van der Waals surface area contributed by atoms with E-state index in [0.717, 1.165) is 4.90 Å². The number of nitrogens with zero attached hydrogens (tertiary/aromatic N) is 1. The van der Waals surface area contributed by atoms with Crippen molar-refractivity contribution < 1.29 is 14.4 Å². The average molecular weight is 230 g/mol. The Bertz CT molecular complexity index is 274. The van der Waals surface area contributed by atoms with E-state index in [9.17, 15) is 14.4 Å². The molecule has 0 aromatic rings. The van der Waals surface area contributed by atoms with Crippen LogP contribution in [0.2, 0.25) is 0 Å². The fourth-order valence-corrected chi connectivity index (χ4v) is 1.10.